The van der Waals surface area contributed by atoms with Crippen LogP contribution in [0.5, 0.6) is 0 Å². The molecule has 0 fully saturated rings. The molecule has 1 atom stereocenters. The fourth-order valence-electron chi connectivity index (χ4n) is 2.68. The maximum atomic E-state index is 13.9. The standard InChI is InChI=1S/C20H17F/c1-15(21)20(13-16-7-3-2-4-8-16)19-12-11-17-9-5-6-10-18(17)14-19/h2-12,14,20H,1,13H2. The molecule has 3 aromatic rings. The van der Waals surface area contributed by atoms with Gasteiger partial charge >= 0.3 is 0 Å². The van der Waals surface area contributed by atoms with Gasteiger partial charge in [-0.2, -0.15) is 0 Å². The van der Waals surface area contributed by atoms with Crippen LogP contribution in [0, 0.1) is 0 Å². The van der Waals surface area contributed by atoms with Crippen molar-refractivity contribution >= 4 is 10.8 Å². The lowest BCUT2D eigenvalue weighted by atomic mass is 9.90. The maximum Gasteiger partial charge on any atom is 0.101 e. The summed E-state index contributed by atoms with van der Waals surface area (Å²) < 4.78 is 13.9. The monoisotopic (exact) mass is 276 g/mol. The van der Waals surface area contributed by atoms with Crippen LogP contribution in [0.15, 0.2) is 85.2 Å². The Hall–Kier alpha value is -2.41. The van der Waals surface area contributed by atoms with Crippen LogP contribution >= 0.6 is 0 Å². The van der Waals surface area contributed by atoms with E-state index in [2.05, 4.69) is 24.8 Å². The first-order valence-electron chi connectivity index (χ1n) is 7.11. The predicted octanol–water partition coefficient (Wildman–Crippen LogP) is 5.65. The van der Waals surface area contributed by atoms with Crippen molar-refractivity contribution in [3.05, 3.63) is 96.3 Å². The molecule has 0 spiro atoms. The normalized spacial score (nSPS) is 12.2. The van der Waals surface area contributed by atoms with Crippen molar-refractivity contribution in [2.75, 3.05) is 0 Å². The van der Waals surface area contributed by atoms with E-state index in [0.29, 0.717) is 6.42 Å². The van der Waals surface area contributed by atoms with Gasteiger partial charge in [0, 0.05) is 5.92 Å². The molecule has 104 valence electrons. The molecule has 0 saturated carbocycles. The van der Waals surface area contributed by atoms with E-state index < -0.39 is 0 Å². The molecule has 0 nitrogen and oxygen atoms in total. The average Bonchev–Trinajstić information content (AvgIpc) is 2.53. The van der Waals surface area contributed by atoms with Crippen molar-refractivity contribution in [3.63, 3.8) is 0 Å². The summed E-state index contributed by atoms with van der Waals surface area (Å²) in [5.74, 6) is -0.578. The van der Waals surface area contributed by atoms with E-state index >= 15 is 0 Å². The summed E-state index contributed by atoms with van der Waals surface area (Å²) in [4.78, 5) is 0. The third-order valence-corrected chi connectivity index (χ3v) is 3.84. The summed E-state index contributed by atoms with van der Waals surface area (Å²) in [6.45, 7) is 3.54. The van der Waals surface area contributed by atoms with Crippen LogP contribution in [0.4, 0.5) is 4.39 Å². The highest BCUT2D eigenvalue weighted by Gasteiger charge is 2.16. The topological polar surface area (TPSA) is 0 Å². The van der Waals surface area contributed by atoms with Crippen molar-refractivity contribution in [1.29, 1.82) is 0 Å². The minimum absolute atomic E-state index is 0.283. The smallest absolute Gasteiger partial charge is 0.101 e. The van der Waals surface area contributed by atoms with Crippen molar-refractivity contribution in [3.8, 4) is 0 Å². The highest BCUT2D eigenvalue weighted by atomic mass is 19.1. The second-order valence-corrected chi connectivity index (χ2v) is 5.30. The molecule has 0 aliphatic rings. The van der Waals surface area contributed by atoms with Gasteiger partial charge < -0.3 is 0 Å². The van der Waals surface area contributed by atoms with E-state index in [1.54, 1.807) is 0 Å². The third kappa shape index (κ3) is 3.03. The Morgan fingerprint density at radius 3 is 2.24 bits per heavy atom. The van der Waals surface area contributed by atoms with Crippen molar-refractivity contribution in [2.24, 2.45) is 0 Å². The summed E-state index contributed by atoms with van der Waals surface area (Å²) in [7, 11) is 0. The van der Waals surface area contributed by atoms with Crippen LogP contribution in [-0.2, 0) is 6.42 Å². The van der Waals surface area contributed by atoms with E-state index in [0.717, 1.165) is 16.5 Å². The molecule has 0 heterocycles. The minimum Gasteiger partial charge on any atom is -0.212 e. The Morgan fingerprint density at radius 1 is 0.857 bits per heavy atom. The zero-order valence-electron chi connectivity index (χ0n) is 11.8. The molecule has 21 heavy (non-hydrogen) atoms. The summed E-state index contributed by atoms with van der Waals surface area (Å²) in [5, 5.41) is 2.30. The average molecular weight is 276 g/mol. The van der Waals surface area contributed by atoms with Gasteiger partial charge in [-0.25, -0.2) is 4.39 Å². The second kappa shape index (κ2) is 5.92. The lowest BCUT2D eigenvalue weighted by Crippen LogP contribution is -2.03. The molecule has 0 aliphatic heterocycles. The van der Waals surface area contributed by atoms with Crippen molar-refractivity contribution in [2.45, 2.75) is 12.3 Å². The third-order valence-electron chi connectivity index (χ3n) is 3.84. The molecule has 0 N–H and O–H groups in total. The molecule has 3 aromatic carbocycles. The summed E-state index contributed by atoms with van der Waals surface area (Å²) in [5.41, 5.74) is 2.10. The number of hydrogen-bond acceptors (Lipinski definition) is 0. The van der Waals surface area contributed by atoms with Gasteiger partial charge in [0.05, 0.1) is 0 Å². The predicted molar refractivity (Wildman–Crippen MR) is 87.1 cm³/mol. The molecule has 0 radical (unpaired) electrons. The molecule has 3 rings (SSSR count). The Bertz CT molecular complexity index is 759. The Morgan fingerprint density at radius 2 is 1.52 bits per heavy atom. The lowest BCUT2D eigenvalue weighted by molar-refractivity contribution is 0.545. The second-order valence-electron chi connectivity index (χ2n) is 5.30. The SMILES string of the molecule is C=C(F)C(Cc1ccccc1)c1ccc2ccccc2c1. The summed E-state index contributed by atoms with van der Waals surface area (Å²) in [6.07, 6.45) is 0.633. The first-order valence-corrected chi connectivity index (χ1v) is 7.11. The van der Waals surface area contributed by atoms with Gasteiger partial charge in [-0.15, -0.1) is 0 Å². The minimum atomic E-state index is -0.294. The zero-order valence-corrected chi connectivity index (χ0v) is 11.8. The molecule has 0 bridgehead atoms. The lowest BCUT2D eigenvalue weighted by Gasteiger charge is -2.16. The Balaban J connectivity index is 1.97. The quantitative estimate of drug-likeness (QED) is 0.577. The Kier molecular flexibility index (Phi) is 3.83. The molecule has 0 amide bonds. The van der Waals surface area contributed by atoms with Gasteiger partial charge in [0.2, 0.25) is 0 Å². The van der Waals surface area contributed by atoms with Gasteiger partial charge in [-0.1, -0.05) is 79.4 Å². The number of rotatable bonds is 4. The fraction of sp³-hybridized carbons (Fsp3) is 0.100. The van der Waals surface area contributed by atoms with Crippen LogP contribution < -0.4 is 0 Å². The molecular weight excluding hydrogens is 259 g/mol. The maximum absolute atomic E-state index is 13.9. The molecule has 0 saturated heterocycles. The number of allylic oxidation sites excluding steroid dienone is 1. The van der Waals surface area contributed by atoms with E-state index in [1.807, 2.05) is 54.6 Å². The van der Waals surface area contributed by atoms with Crippen molar-refractivity contribution in [1.82, 2.24) is 0 Å². The van der Waals surface area contributed by atoms with Crippen LogP contribution in [-0.4, -0.2) is 0 Å². The zero-order chi connectivity index (χ0) is 14.7. The number of hydrogen-bond donors (Lipinski definition) is 0. The van der Waals surface area contributed by atoms with Crippen LogP contribution in [0.1, 0.15) is 17.0 Å². The van der Waals surface area contributed by atoms with Gasteiger partial charge in [0.1, 0.15) is 5.83 Å². The first-order chi connectivity index (χ1) is 10.2. The number of benzene rings is 3. The van der Waals surface area contributed by atoms with Gasteiger partial charge in [-0.3, -0.25) is 0 Å². The largest absolute Gasteiger partial charge is 0.212 e. The molecule has 1 unspecified atom stereocenters. The van der Waals surface area contributed by atoms with E-state index in [9.17, 15) is 4.39 Å². The van der Waals surface area contributed by atoms with Gasteiger partial charge in [-0.05, 0) is 28.3 Å². The van der Waals surface area contributed by atoms with Crippen LogP contribution in [0.25, 0.3) is 10.8 Å². The Labute approximate surface area is 124 Å². The van der Waals surface area contributed by atoms with Gasteiger partial charge in [0.25, 0.3) is 0 Å². The van der Waals surface area contributed by atoms with Crippen molar-refractivity contribution < 1.29 is 4.39 Å². The summed E-state index contributed by atoms with van der Waals surface area (Å²) >= 11 is 0. The van der Waals surface area contributed by atoms with E-state index in [1.165, 1.54) is 5.39 Å². The molecular formula is C20H17F. The summed E-state index contributed by atoms with van der Waals surface area (Å²) in [6, 6.07) is 24.2. The molecule has 1 heteroatoms. The van der Waals surface area contributed by atoms with E-state index in [-0.39, 0.29) is 11.7 Å². The van der Waals surface area contributed by atoms with E-state index in [4.69, 9.17) is 0 Å². The van der Waals surface area contributed by atoms with Crippen LogP contribution in [0.2, 0.25) is 0 Å². The molecule has 0 aromatic heterocycles. The first kappa shape index (κ1) is 13.6. The molecule has 0 aliphatic carbocycles. The highest BCUT2D eigenvalue weighted by Crippen LogP contribution is 2.30. The van der Waals surface area contributed by atoms with Gasteiger partial charge in [0.15, 0.2) is 0 Å². The number of halogens is 1. The number of fused-ring (bicyclic) bond motifs is 1. The fourth-order valence-corrected chi connectivity index (χ4v) is 2.68. The van der Waals surface area contributed by atoms with Crippen LogP contribution in [0.3, 0.4) is 0 Å². The highest BCUT2D eigenvalue weighted by molar-refractivity contribution is 5.83.